The lowest BCUT2D eigenvalue weighted by Crippen LogP contribution is -2.37. The van der Waals surface area contributed by atoms with Gasteiger partial charge < -0.3 is 15.7 Å². The molecule has 26 heavy (non-hydrogen) atoms. The Morgan fingerprint density at radius 1 is 1.04 bits per heavy atom. The van der Waals surface area contributed by atoms with Gasteiger partial charge in [0.15, 0.2) is 0 Å². The first-order chi connectivity index (χ1) is 12.5. The number of hydrogen-bond acceptors (Lipinski definition) is 4. The van der Waals surface area contributed by atoms with E-state index in [4.69, 9.17) is 0 Å². The number of carbonyl (C=O) groups is 3. The zero-order chi connectivity index (χ0) is 18.5. The van der Waals surface area contributed by atoms with Gasteiger partial charge >= 0.3 is 6.03 Å². The predicted molar refractivity (Wildman–Crippen MR) is 94.9 cm³/mol. The first-order valence-electron chi connectivity index (χ1n) is 8.24. The van der Waals surface area contributed by atoms with Crippen LogP contribution in [0.15, 0.2) is 54.6 Å². The molecule has 0 spiro atoms. The molecule has 2 aromatic rings. The smallest absolute Gasteiger partial charge is 0.322 e. The highest BCUT2D eigenvalue weighted by Crippen LogP contribution is 2.21. The summed E-state index contributed by atoms with van der Waals surface area (Å²) in [7, 11) is 0. The topological polar surface area (TPSA) is 108 Å². The maximum atomic E-state index is 11.9. The lowest BCUT2D eigenvalue weighted by molar-refractivity contribution is -0.126. The van der Waals surface area contributed by atoms with Gasteiger partial charge in [0.05, 0.1) is 12.5 Å². The van der Waals surface area contributed by atoms with Crippen LogP contribution < -0.4 is 16.0 Å². The van der Waals surface area contributed by atoms with Crippen LogP contribution in [0.1, 0.15) is 18.1 Å². The molecule has 2 atom stereocenters. The van der Waals surface area contributed by atoms with Crippen molar-refractivity contribution in [1.82, 2.24) is 16.0 Å². The summed E-state index contributed by atoms with van der Waals surface area (Å²) in [5.41, 5.74) is 2.80. The Morgan fingerprint density at radius 3 is 2.31 bits per heavy atom. The molecule has 0 aromatic heterocycles. The molecule has 1 saturated heterocycles. The van der Waals surface area contributed by atoms with Crippen molar-refractivity contribution in [3.63, 3.8) is 0 Å². The van der Waals surface area contributed by atoms with Gasteiger partial charge in [-0.15, -0.1) is 0 Å². The van der Waals surface area contributed by atoms with Crippen LogP contribution in [0.4, 0.5) is 4.79 Å². The fourth-order valence-corrected chi connectivity index (χ4v) is 2.72. The van der Waals surface area contributed by atoms with E-state index in [9.17, 15) is 19.5 Å². The minimum Gasteiger partial charge on any atom is -0.387 e. The lowest BCUT2D eigenvalue weighted by Gasteiger charge is -2.14. The van der Waals surface area contributed by atoms with Gasteiger partial charge in [0.1, 0.15) is 6.04 Å². The molecule has 0 aliphatic carbocycles. The molecule has 2 aromatic carbocycles. The molecule has 7 nitrogen and oxygen atoms in total. The fourth-order valence-electron chi connectivity index (χ4n) is 2.72. The van der Waals surface area contributed by atoms with E-state index in [1.54, 1.807) is 0 Å². The average Bonchev–Trinajstić information content (AvgIpc) is 2.97. The van der Waals surface area contributed by atoms with Crippen molar-refractivity contribution in [3.05, 3.63) is 60.2 Å². The predicted octanol–water partition coefficient (Wildman–Crippen LogP) is 1.10. The van der Waals surface area contributed by atoms with E-state index in [-0.39, 0.29) is 13.0 Å². The molecule has 1 aliphatic heterocycles. The summed E-state index contributed by atoms with van der Waals surface area (Å²) in [4.78, 5) is 34.3. The van der Waals surface area contributed by atoms with Crippen molar-refractivity contribution in [2.24, 2.45) is 0 Å². The maximum Gasteiger partial charge on any atom is 0.322 e. The van der Waals surface area contributed by atoms with Crippen molar-refractivity contribution in [2.75, 3.05) is 6.54 Å². The normalized spacial score (nSPS) is 17.3. The van der Waals surface area contributed by atoms with Gasteiger partial charge in [0, 0.05) is 6.54 Å². The molecule has 1 fully saturated rings. The van der Waals surface area contributed by atoms with E-state index >= 15 is 0 Å². The van der Waals surface area contributed by atoms with Gasteiger partial charge in [-0.1, -0.05) is 54.6 Å². The second-order valence-electron chi connectivity index (χ2n) is 6.03. The number of imide groups is 1. The van der Waals surface area contributed by atoms with E-state index in [0.717, 1.165) is 11.1 Å². The van der Waals surface area contributed by atoms with Gasteiger partial charge in [-0.25, -0.2) is 4.79 Å². The van der Waals surface area contributed by atoms with Crippen LogP contribution in [-0.4, -0.2) is 35.5 Å². The van der Waals surface area contributed by atoms with Gasteiger partial charge in [0.2, 0.25) is 5.91 Å². The molecule has 134 valence electrons. The lowest BCUT2D eigenvalue weighted by atomic mass is 10.0. The molecule has 4 N–H and O–H groups in total. The molecule has 3 rings (SSSR count). The number of rotatable bonds is 6. The van der Waals surface area contributed by atoms with Crippen LogP contribution in [0.2, 0.25) is 0 Å². The van der Waals surface area contributed by atoms with Gasteiger partial charge in [-0.2, -0.15) is 0 Å². The zero-order valence-electron chi connectivity index (χ0n) is 13.9. The monoisotopic (exact) mass is 353 g/mol. The average molecular weight is 353 g/mol. The van der Waals surface area contributed by atoms with Crippen LogP contribution in [0.5, 0.6) is 0 Å². The highest BCUT2D eigenvalue weighted by Gasteiger charge is 2.31. The van der Waals surface area contributed by atoms with Crippen molar-refractivity contribution in [2.45, 2.75) is 18.6 Å². The van der Waals surface area contributed by atoms with E-state index in [1.165, 1.54) is 0 Å². The Balaban J connectivity index is 1.51. The van der Waals surface area contributed by atoms with E-state index < -0.39 is 30.0 Å². The summed E-state index contributed by atoms with van der Waals surface area (Å²) < 4.78 is 0. The molecule has 0 bridgehead atoms. The van der Waals surface area contributed by atoms with Gasteiger partial charge in [0.25, 0.3) is 5.91 Å². The largest absolute Gasteiger partial charge is 0.387 e. The second-order valence-corrected chi connectivity index (χ2v) is 6.03. The van der Waals surface area contributed by atoms with Crippen molar-refractivity contribution >= 4 is 17.8 Å². The summed E-state index contributed by atoms with van der Waals surface area (Å²) in [5, 5.41) is 17.2. The zero-order valence-corrected chi connectivity index (χ0v) is 13.9. The standard InChI is InChI=1S/C19H19N3O4/c23-16(11-20-17(24)10-15-18(25)22-19(26)21-15)14-8-6-13(7-9-14)12-4-2-1-3-5-12/h1-9,15-16,23H,10-11H2,(H,20,24)(H2,21,22,25,26). The number of carbonyl (C=O) groups excluding carboxylic acids is 3. The first-order valence-corrected chi connectivity index (χ1v) is 8.24. The quantitative estimate of drug-likeness (QED) is 0.583. The molecule has 1 heterocycles. The van der Waals surface area contributed by atoms with Gasteiger partial charge in [-0.05, 0) is 16.7 Å². The number of urea groups is 1. The number of nitrogens with one attached hydrogen (secondary N) is 3. The Bertz CT molecular complexity index is 805. The molecule has 1 aliphatic rings. The number of amides is 4. The summed E-state index contributed by atoms with van der Waals surface area (Å²) in [5.74, 6) is -0.950. The van der Waals surface area contributed by atoms with Crippen LogP contribution >= 0.6 is 0 Å². The minimum absolute atomic E-state index is 0.0196. The summed E-state index contributed by atoms with van der Waals surface area (Å²) in [6.07, 6.45) is -1.03. The number of aliphatic hydroxyl groups is 1. The molecule has 0 saturated carbocycles. The highest BCUT2D eigenvalue weighted by atomic mass is 16.3. The maximum absolute atomic E-state index is 11.9. The third-order valence-corrected chi connectivity index (χ3v) is 4.14. The third-order valence-electron chi connectivity index (χ3n) is 4.14. The Kier molecular flexibility index (Phi) is 5.28. The number of hydrogen-bond donors (Lipinski definition) is 4. The molecule has 4 amide bonds. The molecular weight excluding hydrogens is 334 g/mol. The molecule has 7 heteroatoms. The number of aliphatic hydroxyl groups excluding tert-OH is 1. The van der Waals surface area contributed by atoms with Crippen molar-refractivity contribution < 1.29 is 19.5 Å². The van der Waals surface area contributed by atoms with E-state index in [1.807, 2.05) is 54.6 Å². The molecular formula is C19H19N3O4. The van der Waals surface area contributed by atoms with Crippen LogP contribution in [-0.2, 0) is 9.59 Å². The fraction of sp³-hybridized carbons (Fsp3) is 0.211. The van der Waals surface area contributed by atoms with Crippen molar-refractivity contribution in [3.8, 4) is 11.1 Å². The first kappa shape index (κ1) is 17.6. The Labute approximate surface area is 150 Å². The Morgan fingerprint density at radius 2 is 1.69 bits per heavy atom. The molecule has 2 unspecified atom stereocenters. The van der Waals surface area contributed by atoms with E-state index in [2.05, 4.69) is 16.0 Å². The van der Waals surface area contributed by atoms with E-state index in [0.29, 0.717) is 5.56 Å². The number of benzene rings is 2. The van der Waals surface area contributed by atoms with Crippen LogP contribution in [0, 0.1) is 0 Å². The summed E-state index contributed by atoms with van der Waals surface area (Å²) in [6.45, 7) is 0.0196. The SMILES string of the molecule is O=C(CC1NC(=O)NC1=O)NCC(O)c1ccc(-c2ccccc2)cc1. The third kappa shape index (κ3) is 4.25. The summed E-state index contributed by atoms with van der Waals surface area (Å²) >= 11 is 0. The Hall–Kier alpha value is -3.19. The second kappa shape index (κ2) is 7.79. The van der Waals surface area contributed by atoms with Gasteiger partial charge in [-0.3, -0.25) is 14.9 Å². The van der Waals surface area contributed by atoms with Crippen molar-refractivity contribution in [1.29, 1.82) is 0 Å². The van der Waals surface area contributed by atoms with Crippen LogP contribution in [0.25, 0.3) is 11.1 Å². The van der Waals surface area contributed by atoms with Crippen LogP contribution in [0.3, 0.4) is 0 Å². The minimum atomic E-state index is -0.871. The highest BCUT2D eigenvalue weighted by molar-refractivity contribution is 6.05. The molecule has 0 radical (unpaired) electrons. The summed E-state index contributed by atoms with van der Waals surface area (Å²) in [6, 6.07) is 15.8.